The van der Waals surface area contributed by atoms with Crippen molar-refractivity contribution < 1.29 is 4.74 Å². The van der Waals surface area contributed by atoms with Crippen LogP contribution in [0.3, 0.4) is 0 Å². The molecule has 2 heterocycles. The molecule has 4 nitrogen and oxygen atoms in total. The third-order valence-corrected chi connectivity index (χ3v) is 8.07. The summed E-state index contributed by atoms with van der Waals surface area (Å²) in [6.45, 7) is 5.05. The molecule has 1 aromatic heterocycles. The first kappa shape index (κ1) is 23.3. The summed E-state index contributed by atoms with van der Waals surface area (Å²) in [5.74, 6) is 2.04. The summed E-state index contributed by atoms with van der Waals surface area (Å²) < 4.78 is 8.82. The highest BCUT2D eigenvalue weighted by Gasteiger charge is 2.25. The first-order valence-corrected chi connectivity index (χ1v) is 13.7. The van der Waals surface area contributed by atoms with Gasteiger partial charge in [0, 0.05) is 24.2 Å². The zero-order chi connectivity index (χ0) is 24.3. The van der Waals surface area contributed by atoms with Gasteiger partial charge in [-0.1, -0.05) is 55.7 Å². The fraction of sp³-hybridized carbons (Fsp3) is 0.406. The predicted molar refractivity (Wildman–Crippen MR) is 147 cm³/mol. The molecule has 2 fully saturated rings. The first-order chi connectivity index (χ1) is 17.7. The number of hydrogen-bond acceptors (Lipinski definition) is 3. The van der Waals surface area contributed by atoms with Crippen LogP contribution in [0.5, 0.6) is 5.75 Å². The van der Waals surface area contributed by atoms with E-state index in [1.165, 1.54) is 67.2 Å². The van der Waals surface area contributed by atoms with Gasteiger partial charge in [0.25, 0.3) is 0 Å². The molecule has 0 spiro atoms. The summed E-state index contributed by atoms with van der Waals surface area (Å²) in [5.41, 5.74) is 6.19. The lowest BCUT2D eigenvalue weighted by Crippen LogP contribution is -2.33. The first-order valence-electron chi connectivity index (χ1n) is 13.7. The molecule has 0 amide bonds. The number of likely N-dealkylation sites (tertiary alicyclic amines) is 1. The van der Waals surface area contributed by atoms with Gasteiger partial charge in [-0.25, -0.2) is 4.98 Å². The van der Waals surface area contributed by atoms with E-state index < -0.39 is 0 Å². The minimum atomic E-state index is 0.476. The van der Waals surface area contributed by atoms with Crippen molar-refractivity contribution in [1.82, 2.24) is 14.5 Å². The Morgan fingerprint density at radius 3 is 2.47 bits per heavy atom. The molecule has 6 rings (SSSR count). The van der Waals surface area contributed by atoms with Crippen LogP contribution in [0.15, 0.2) is 72.8 Å². The number of aryl methyl sites for hydroxylation is 1. The maximum Gasteiger partial charge on any atom is 0.141 e. The zero-order valence-electron chi connectivity index (χ0n) is 21.4. The van der Waals surface area contributed by atoms with Crippen LogP contribution < -0.4 is 4.74 Å². The van der Waals surface area contributed by atoms with E-state index >= 15 is 0 Å². The van der Waals surface area contributed by atoms with Crippen molar-refractivity contribution in [3.05, 3.63) is 83.9 Å². The highest BCUT2D eigenvalue weighted by molar-refractivity contribution is 5.81. The molecule has 0 radical (unpaired) electrons. The Balaban J connectivity index is 1.18. The van der Waals surface area contributed by atoms with Crippen molar-refractivity contribution in [2.75, 3.05) is 13.2 Å². The topological polar surface area (TPSA) is 30.3 Å². The second-order valence-electron chi connectivity index (χ2n) is 10.7. The van der Waals surface area contributed by atoms with Crippen LogP contribution in [-0.2, 0) is 6.54 Å². The Morgan fingerprint density at radius 2 is 1.67 bits per heavy atom. The second-order valence-corrected chi connectivity index (χ2v) is 10.7. The van der Waals surface area contributed by atoms with Gasteiger partial charge >= 0.3 is 0 Å². The molecule has 3 aromatic carbocycles. The summed E-state index contributed by atoms with van der Waals surface area (Å²) in [7, 11) is 0. The molecule has 1 atom stereocenters. The summed E-state index contributed by atoms with van der Waals surface area (Å²) in [6, 6.07) is 27.1. The van der Waals surface area contributed by atoms with Gasteiger partial charge in [-0.15, -0.1) is 0 Å². The van der Waals surface area contributed by atoms with E-state index in [0.29, 0.717) is 12.1 Å². The molecule has 2 aliphatic rings. The van der Waals surface area contributed by atoms with Crippen molar-refractivity contribution in [2.45, 2.75) is 70.5 Å². The van der Waals surface area contributed by atoms with Crippen molar-refractivity contribution in [1.29, 1.82) is 0 Å². The van der Waals surface area contributed by atoms with Gasteiger partial charge < -0.3 is 9.30 Å². The lowest BCUT2D eigenvalue weighted by atomic mass is 9.95. The number of hydrogen-bond donors (Lipinski definition) is 0. The van der Waals surface area contributed by atoms with E-state index in [-0.39, 0.29) is 0 Å². The summed E-state index contributed by atoms with van der Waals surface area (Å²) in [5, 5.41) is 0. The number of rotatable bonds is 7. The molecule has 1 aliphatic carbocycles. The van der Waals surface area contributed by atoms with Crippen molar-refractivity contribution in [2.24, 2.45) is 0 Å². The maximum atomic E-state index is 6.30. The van der Waals surface area contributed by atoms with Gasteiger partial charge in [-0.05, 0) is 86.7 Å². The quantitative estimate of drug-likeness (QED) is 0.274. The van der Waals surface area contributed by atoms with E-state index in [4.69, 9.17) is 9.72 Å². The van der Waals surface area contributed by atoms with E-state index in [0.717, 1.165) is 36.8 Å². The van der Waals surface area contributed by atoms with Crippen molar-refractivity contribution >= 4 is 11.0 Å². The number of fused-ring (bicyclic) bond motifs is 1. The van der Waals surface area contributed by atoms with Crippen LogP contribution in [0, 0.1) is 6.92 Å². The molecule has 1 saturated heterocycles. The van der Waals surface area contributed by atoms with Gasteiger partial charge in [0.05, 0.1) is 11.0 Å². The third-order valence-electron chi connectivity index (χ3n) is 8.07. The van der Waals surface area contributed by atoms with Gasteiger partial charge in [0.15, 0.2) is 0 Å². The summed E-state index contributed by atoms with van der Waals surface area (Å²) in [6.07, 6.45) is 8.92. The standard InChI is InChI=1S/C32H37N3O/c1-24-14-19-31-30(21-24)33-32(35(31)27-11-6-3-7-12-27)26-15-17-29(18-16-26)36-23-28-13-8-20-34(28)22-25-9-4-2-5-10-25/h2,4-5,9-10,14-19,21,27-28H,3,6-8,11-13,20,22-23H2,1H3/t28-/m0/s1. The largest absolute Gasteiger partial charge is 0.492 e. The number of nitrogens with zero attached hydrogens (tertiary/aromatic N) is 3. The number of benzene rings is 3. The number of imidazole rings is 1. The highest BCUT2D eigenvalue weighted by Crippen LogP contribution is 2.36. The van der Waals surface area contributed by atoms with Crippen LogP contribution in [0.1, 0.15) is 62.1 Å². The van der Waals surface area contributed by atoms with E-state index in [1.54, 1.807) is 0 Å². The minimum absolute atomic E-state index is 0.476. The summed E-state index contributed by atoms with van der Waals surface area (Å²) in [4.78, 5) is 7.69. The Morgan fingerprint density at radius 1 is 0.861 bits per heavy atom. The van der Waals surface area contributed by atoms with Crippen molar-refractivity contribution in [3.63, 3.8) is 0 Å². The SMILES string of the molecule is Cc1ccc2c(c1)nc(-c1ccc(OC[C@@H]3CCCN3Cc3ccccc3)cc1)n2C1CCCCC1. The Labute approximate surface area is 214 Å². The molecule has 0 N–H and O–H groups in total. The van der Waals surface area contributed by atoms with Gasteiger partial charge in [0.2, 0.25) is 0 Å². The Hall–Kier alpha value is -3.11. The maximum absolute atomic E-state index is 6.30. The van der Waals surface area contributed by atoms with Crippen LogP contribution in [0.25, 0.3) is 22.4 Å². The Kier molecular flexibility index (Phi) is 6.78. The average molecular weight is 480 g/mol. The van der Waals surface area contributed by atoms with E-state index in [9.17, 15) is 0 Å². The molecule has 4 aromatic rings. The number of ether oxygens (including phenoxy) is 1. The summed E-state index contributed by atoms with van der Waals surface area (Å²) >= 11 is 0. The second kappa shape index (κ2) is 10.5. The van der Waals surface area contributed by atoms with Gasteiger partial charge in [-0.3, -0.25) is 4.90 Å². The van der Waals surface area contributed by atoms with Crippen LogP contribution >= 0.6 is 0 Å². The fourth-order valence-corrected chi connectivity index (χ4v) is 6.12. The monoisotopic (exact) mass is 479 g/mol. The van der Waals surface area contributed by atoms with Crippen LogP contribution in [-0.4, -0.2) is 33.6 Å². The molecule has 1 saturated carbocycles. The van der Waals surface area contributed by atoms with Crippen LogP contribution in [0.2, 0.25) is 0 Å². The molecule has 0 unspecified atom stereocenters. The smallest absolute Gasteiger partial charge is 0.141 e. The molecule has 186 valence electrons. The lowest BCUT2D eigenvalue weighted by Gasteiger charge is -2.26. The van der Waals surface area contributed by atoms with E-state index in [2.05, 4.69) is 89.2 Å². The lowest BCUT2D eigenvalue weighted by molar-refractivity contribution is 0.167. The Bertz CT molecular complexity index is 1290. The predicted octanol–water partition coefficient (Wildman–Crippen LogP) is 7.56. The average Bonchev–Trinajstić information content (AvgIpc) is 3.52. The third kappa shape index (κ3) is 4.92. The molecule has 0 bridgehead atoms. The molecular formula is C32H37N3O. The van der Waals surface area contributed by atoms with Gasteiger partial charge in [-0.2, -0.15) is 0 Å². The molecule has 1 aliphatic heterocycles. The van der Waals surface area contributed by atoms with Crippen LogP contribution in [0.4, 0.5) is 0 Å². The van der Waals surface area contributed by atoms with Gasteiger partial charge in [0.1, 0.15) is 18.2 Å². The zero-order valence-corrected chi connectivity index (χ0v) is 21.4. The fourth-order valence-electron chi connectivity index (χ4n) is 6.12. The van der Waals surface area contributed by atoms with Crippen molar-refractivity contribution in [3.8, 4) is 17.1 Å². The molecule has 36 heavy (non-hydrogen) atoms. The number of aromatic nitrogens is 2. The molecule has 4 heteroatoms. The van der Waals surface area contributed by atoms with E-state index in [1.807, 2.05) is 0 Å². The molecular weight excluding hydrogens is 442 g/mol. The highest BCUT2D eigenvalue weighted by atomic mass is 16.5. The minimum Gasteiger partial charge on any atom is -0.492 e. The normalized spacial score (nSPS) is 19.2.